The zero-order valence-electron chi connectivity index (χ0n) is 10.9. The quantitative estimate of drug-likeness (QED) is 0.435. The minimum absolute atomic E-state index is 0.0537. The molecular weight excluding hydrogens is 320 g/mol. The lowest BCUT2D eigenvalue weighted by atomic mass is 10.1. The number of benzene rings is 2. The first-order valence-corrected chi connectivity index (χ1v) is 6.41. The highest BCUT2D eigenvalue weighted by molar-refractivity contribution is 7.80. The number of rotatable bonds is 2. The summed E-state index contributed by atoms with van der Waals surface area (Å²) in [5.41, 5.74) is -1.19. The molecule has 2 aromatic carbocycles. The first-order chi connectivity index (χ1) is 10.3. The summed E-state index contributed by atoms with van der Waals surface area (Å²) in [4.78, 5) is 0. The summed E-state index contributed by atoms with van der Waals surface area (Å²) in [5.74, 6) is -1.54. The Balaban J connectivity index is 2.18. The molecule has 3 N–H and O–H groups in total. The molecule has 0 aliphatic heterocycles. The van der Waals surface area contributed by atoms with Crippen LogP contribution in [-0.2, 0) is 6.18 Å². The van der Waals surface area contributed by atoms with E-state index in [2.05, 4.69) is 10.6 Å². The molecule has 22 heavy (non-hydrogen) atoms. The molecule has 0 aliphatic rings. The fourth-order valence-corrected chi connectivity index (χ4v) is 1.95. The van der Waals surface area contributed by atoms with E-state index in [1.54, 1.807) is 0 Å². The summed E-state index contributed by atoms with van der Waals surface area (Å²) in [5, 5.41) is 14.1. The first-order valence-electron chi connectivity index (χ1n) is 6.01. The van der Waals surface area contributed by atoms with Crippen LogP contribution in [0.15, 0.2) is 42.5 Å². The van der Waals surface area contributed by atoms with Crippen molar-refractivity contribution in [1.29, 1.82) is 0 Å². The minimum Gasteiger partial charge on any atom is -0.503 e. The van der Waals surface area contributed by atoms with Crippen molar-refractivity contribution in [1.82, 2.24) is 0 Å². The largest absolute Gasteiger partial charge is 0.503 e. The lowest BCUT2D eigenvalue weighted by Crippen LogP contribution is -2.21. The van der Waals surface area contributed by atoms with Gasteiger partial charge in [-0.05, 0) is 36.5 Å². The summed E-state index contributed by atoms with van der Waals surface area (Å²) in [7, 11) is 0. The number of para-hydroxylation sites is 2. The van der Waals surface area contributed by atoms with Gasteiger partial charge in [0.05, 0.1) is 16.9 Å². The summed E-state index contributed by atoms with van der Waals surface area (Å²) >= 11 is 4.88. The van der Waals surface area contributed by atoms with Gasteiger partial charge in [0.15, 0.2) is 16.7 Å². The van der Waals surface area contributed by atoms with Gasteiger partial charge in [0.25, 0.3) is 0 Å². The Kier molecular flexibility index (Phi) is 4.51. The van der Waals surface area contributed by atoms with Crippen molar-refractivity contribution >= 4 is 28.7 Å². The number of phenolic OH excluding ortho intramolecular Hbond substituents is 1. The molecule has 0 radical (unpaired) electrons. The highest BCUT2D eigenvalue weighted by Gasteiger charge is 2.33. The Morgan fingerprint density at radius 3 is 2.23 bits per heavy atom. The number of thiocarbonyl (C=S) groups is 1. The smallest absolute Gasteiger partial charge is 0.418 e. The average Bonchev–Trinajstić information content (AvgIpc) is 2.43. The van der Waals surface area contributed by atoms with Crippen LogP contribution in [0.1, 0.15) is 5.56 Å². The summed E-state index contributed by atoms with van der Waals surface area (Å²) in [6.45, 7) is 0. The van der Waals surface area contributed by atoms with Gasteiger partial charge >= 0.3 is 6.18 Å². The predicted molar refractivity (Wildman–Crippen MR) is 79.4 cm³/mol. The third-order valence-electron chi connectivity index (χ3n) is 2.72. The zero-order chi connectivity index (χ0) is 16.3. The molecule has 2 aromatic rings. The fraction of sp³-hybridized carbons (Fsp3) is 0.0714. The zero-order valence-corrected chi connectivity index (χ0v) is 11.7. The number of aromatic hydroxyl groups is 1. The molecule has 0 fully saturated rings. The van der Waals surface area contributed by atoms with Crippen LogP contribution >= 0.6 is 12.2 Å². The molecule has 116 valence electrons. The molecule has 8 heteroatoms. The van der Waals surface area contributed by atoms with E-state index in [9.17, 15) is 22.7 Å². The summed E-state index contributed by atoms with van der Waals surface area (Å²) in [6.07, 6.45) is -4.54. The molecular formula is C14H10F4N2OS. The van der Waals surface area contributed by atoms with Crippen molar-refractivity contribution in [3.05, 3.63) is 53.8 Å². The van der Waals surface area contributed by atoms with Gasteiger partial charge in [-0.15, -0.1) is 0 Å². The van der Waals surface area contributed by atoms with Crippen molar-refractivity contribution in [2.45, 2.75) is 6.18 Å². The molecule has 0 unspecified atom stereocenters. The van der Waals surface area contributed by atoms with Crippen molar-refractivity contribution in [2.75, 3.05) is 10.6 Å². The van der Waals surface area contributed by atoms with Gasteiger partial charge in [-0.1, -0.05) is 18.2 Å². The maximum atomic E-state index is 13.2. The van der Waals surface area contributed by atoms with Crippen LogP contribution in [0.2, 0.25) is 0 Å². The lowest BCUT2D eigenvalue weighted by Gasteiger charge is -2.16. The van der Waals surface area contributed by atoms with Crippen LogP contribution in [0.3, 0.4) is 0 Å². The van der Waals surface area contributed by atoms with Gasteiger partial charge in [0.2, 0.25) is 0 Å². The van der Waals surface area contributed by atoms with E-state index in [0.29, 0.717) is 0 Å². The van der Waals surface area contributed by atoms with Gasteiger partial charge in [-0.2, -0.15) is 13.2 Å². The first kappa shape index (κ1) is 16.0. The van der Waals surface area contributed by atoms with E-state index in [1.807, 2.05) is 0 Å². The van der Waals surface area contributed by atoms with E-state index < -0.39 is 23.3 Å². The van der Waals surface area contributed by atoms with E-state index in [-0.39, 0.29) is 16.5 Å². The lowest BCUT2D eigenvalue weighted by molar-refractivity contribution is -0.136. The maximum Gasteiger partial charge on any atom is 0.418 e. The highest BCUT2D eigenvalue weighted by Crippen LogP contribution is 2.34. The SMILES string of the molecule is Oc1c(F)cccc1NC(=S)Nc1ccccc1C(F)(F)F. The monoisotopic (exact) mass is 330 g/mol. The van der Waals surface area contributed by atoms with Crippen LogP contribution in [0.25, 0.3) is 0 Å². The second-order valence-electron chi connectivity index (χ2n) is 4.26. The predicted octanol–water partition coefficient (Wildman–Crippen LogP) is 4.36. The third-order valence-corrected chi connectivity index (χ3v) is 2.92. The molecule has 0 aromatic heterocycles. The number of alkyl halides is 3. The standard InChI is InChI=1S/C14H10F4N2OS/c15-9-5-3-7-11(12(9)21)20-13(22)19-10-6-2-1-4-8(10)14(16,17)18/h1-7,21H,(H2,19,20,22). The van der Waals surface area contributed by atoms with Crippen LogP contribution in [-0.4, -0.2) is 10.2 Å². The van der Waals surface area contributed by atoms with Crippen LogP contribution in [0.5, 0.6) is 5.75 Å². The van der Waals surface area contributed by atoms with E-state index >= 15 is 0 Å². The molecule has 0 heterocycles. The number of anilines is 2. The van der Waals surface area contributed by atoms with Gasteiger partial charge in [-0.25, -0.2) is 4.39 Å². The fourth-order valence-electron chi connectivity index (χ4n) is 1.73. The Morgan fingerprint density at radius 2 is 1.55 bits per heavy atom. The molecule has 0 spiro atoms. The molecule has 0 atom stereocenters. The molecule has 0 saturated carbocycles. The van der Waals surface area contributed by atoms with Crippen LogP contribution in [0.4, 0.5) is 28.9 Å². The Labute approximate surface area is 128 Å². The molecule has 0 amide bonds. The van der Waals surface area contributed by atoms with Crippen molar-refractivity contribution in [2.24, 2.45) is 0 Å². The second-order valence-corrected chi connectivity index (χ2v) is 4.67. The van der Waals surface area contributed by atoms with E-state index in [1.165, 1.54) is 30.3 Å². The number of nitrogens with one attached hydrogen (secondary N) is 2. The maximum absolute atomic E-state index is 13.2. The number of phenols is 1. The van der Waals surface area contributed by atoms with E-state index in [4.69, 9.17) is 12.2 Å². The van der Waals surface area contributed by atoms with Crippen molar-refractivity contribution in [3.8, 4) is 5.75 Å². The molecule has 3 nitrogen and oxygen atoms in total. The number of hydrogen-bond donors (Lipinski definition) is 3. The van der Waals surface area contributed by atoms with Gasteiger partial charge in [0.1, 0.15) is 0 Å². The molecule has 0 aliphatic carbocycles. The topological polar surface area (TPSA) is 44.3 Å². The third kappa shape index (κ3) is 3.64. The van der Waals surface area contributed by atoms with Crippen LogP contribution < -0.4 is 10.6 Å². The number of hydrogen-bond acceptors (Lipinski definition) is 2. The molecule has 2 rings (SSSR count). The number of halogens is 4. The average molecular weight is 330 g/mol. The minimum atomic E-state index is -4.54. The Morgan fingerprint density at radius 1 is 0.955 bits per heavy atom. The van der Waals surface area contributed by atoms with Crippen molar-refractivity contribution in [3.63, 3.8) is 0 Å². The molecule has 0 bridgehead atoms. The normalized spacial score (nSPS) is 11.1. The second kappa shape index (κ2) is 6.18. The Bertz CT molecular complexity index is 703. The van der Waals surface area contributed by atoms with Gasteiger partial charge < -0.3 is 15.7 Å². The molecule has 0 saturated heterocycles. The van der Waals surface area contributed by atoms with E-state index in [0.717, 1.165) is 12.1 Å². The Hall–Kier alpha value is -2.35. The summed E-state index contributed by atoms with van der Waals surface area (Å²) < 4.78 is 51.7. The summed E-state index contributed by atoms with van der Waals surface area (Å²) in [6, 6.07) is 8.48. The highest BCUT2D eigenvalue weighted by atomic mass is 32.1. The van der Waals surface area contributed by atoms with Crippen LogP contribution in [0, 0.1) is 5.82 Å². The van der Waals surface area contributed by atoms with Gasteiger partial charge in [0, 0.05) is 0 Å². The van der Waals surface area contributed by atoms with Crippen molar-refractivity contribution < 1.29 is 22.7 Å². The van der Waals surface area contributed by atoms with Gasteiger partial charge in [-0.3, -0.25) is 0 Å².